The van der Waals surface area contributed by atoms with Crippen LogP contribution in [0.15, 0.2) is 6.07 Å². The minimum absolute atomic E-state index is 0.362. The van der Waals surface area contributed by atoms with Crippen LogP contribution in [0.1, 0.15) is 20.1 Å². The molecule has 0 saturated heterocycles. The summed E-state index contributed by atoms with van der Waals surface area (Å²) in [7, 11) is 0. The lowest BCUT2D eigenvalue weighted by Gasteiger charge is -1.97. The van der Waals surface area contributed by atoms with Gasteiger partial charge in [0.2, 0.25) is 0 Å². The molecule has 0 spiro atoms. The van der Waals surface area contributed by atoms with Gasteiger partial charge in [-0.15, -0.1) is 22.7 Å². The van der Waals surface area contributed by atoms with Crippen LogP contribution in [0.2, 0.25) is 0 Å². The molecule has 2 nitrogen and oxygen atoms in total. The number of hydrogen-bond acceptors (Lipinski definition) is 4. The van der Waals surface area contributed by atoms with Gasteiger partial charge in [-0.05, 0) is 25.5 Å². The first-order chi connectivity index (χ1) is 6.09. The molecule has 4 heteroatoms. The minimum Gasteiger partial charge on any atom is -0.544 e. The van der Waals surface area contributed by atoms with Gasteiger partial charge >= 0.3 is 0 Å². The number of carboxylic acid groups (broad SMARTS) is 1. The zero-order chi connectivity index (χ0) is 9.59. The van der Waals surface area contributed by atoms with E-state index in [0.717, 1.165) is 15.0 Å². The summed E-state index contributed by atoms with van der Waals surface area (Å²) in [5.74, 6) is -1.07. The topological polar surface area (TPSA) is 40.1 Å². The predicted octanol–water partition coefficient (Wildman–Crippen LogP) is 1.94. The molecule has 0 N–H and O–H groups in total. The van der Waals surface area contributed by atoms with Gasteiger partial charge in [-0.3, -0.25) is 0 Å². The number of aryl methyl sites for hydroxylation is 2. The van der Waals surface area contributed by atoms with Crippen LogP contribution >= 0.6 is 22.7 Å². The van der Waals surface area contributed by atoms with Gasteiger partial charge in [0.25, 0.3) is 0 Å². The van der Waals surface area contributed by atoms with Crippen LogP contribution in [-0.2, 0) is 0 Å². The lowest BCUT2D eigenvalue weighted by Crippen LogP contribution is -2.21. The molecule has 0 bridgehead atoms. The van der Waals surface area contributed by atoms with Crippen molar-refractivity contribution in [3.05, 3.63) is 21.4 Å². The van der Waals surface area contributed by atoms with E-state index in [1.807, 2.05) is 19.9 Å². The van der Waals surface area contributed by atoms with Crippen LogP contribution in [0, 0.1) is 13.8 Å². The van der Waals surface area contributed by atoms with Crippen molar-refractivity contribution in [3.63, 3.8) is 0 Å². The molecule has 13 heavy (non-hydrogen) atoms. The molecular weight excluding hydrogens is 204 g/mol. The van der Waals surface area contributed by atoms with E-state index in [0.29, 0.717) is 4.88 Å². The van der Waals surface area contributed by atoms with Crippen LogP contribution in [0.25, 0.3) is 9.40 Å². The van der Waals surface area contributed by atoms with Crippen LogP contribution in [0.4, 0.5) is 0 Å². The maximum Gasteiger partial charge on any atom is 0.0818 e. The van der Waals surface area contributed by atoms with Crippen molar-refractivity contribution in [1.82, 2.24) is 0 Å². The van der Waals surface area contributed by atoms with Crippen LogP contribution < -0.4 is 5.11 Å². The van der Waals surface area contributed by atoms with E-state index in [9.17, 15) is 9.90 Å². The molecule has 0 aliphatic rings. The maximum absolute atomic E-state index is 10.7. The minimum atomic E-state index is -1.07. The summed E-state index contributed by atoms with van der Waals surface area (Å²) in [6, 6.07) is 2.02. The summed E-state index contributed by atoms with van der Waals surface area (Å²) in [6.07, 6.45) is 0. The average Bonchev–Trinajstić information content (AvgIpc) is 2.51. The fourth-order valence-electron chi connectivity index (χ4n) is 1.31. The molecule has 0 aromatic carbocycles. The number of rotatable bonds is 1. The second-order valence-electron chi connectivity index (χ2n) is 2.89. The highest BCUT2D eigenvalue weighted by Gasteiger charge is 2.10. The molecule has 0 amide bonds. The van der Waals surface area contributed by atoms with E-state index < -0.39 is 5.97 Å². The summed E-state index contributed by atoms with van der Waals surface area (Å²) in [4.78, 5) is 12.3. The molecule has 0 radical (unpaired) electrons. The quantitative estimate of drug-likeness (QED) is 0.723. The Morgan fingerprint density at radius 3 is 2.62 bits per heavy atom. The van der Waals surface area contributed by atoms with Gasteiger partial charge in [0.05, 0.1) is 10.8 Å². The largest absolute Gasteiger partial charge is 0.544 e. The smallest absolute Gasteiger partial charge is 0.0818 e. The highest BCUT2D eigenvalue weighted by molar-refractivity contribution is 7.29. The second-order valence-corrected chi connectivity index (χ2v) is 5.20. The van der Waals surface area contributed by atoms with Crippen LogP contribution in [-0.4, -0.2) is 5.97 Å². The van der Waals surface area contributed by atoms with Gasteiger partial charge in [0.1, 0.15) is 0 Å². The highest BCUT2D eigenvalue weighted by Crippen LogP contribution is 2.36. The number of carbonyl (C=O) groups excluding carboxylic acids is 1. The van der Waals surface area contributed by atoms with E-state index in [4.69, 9.17) is 0 Å². The van der Waals surface area contributed by atoms with Crippen molar-refractivity contribution in [2.75, 3.05) is 0 Å². The van der Waals surface area contributed by atoms with Gasteiger partial charge in [-0.2, -0.15) is 0 Å². The summed E-state index contributed by atoms with van der Waals surface area (Å²) in [5, 5.41) is 10.7. The number of fused-ring (bicyclic) bond motifs is 1. The summed E-state index contributed by atoms with van der Waals surface area (Å²) in [5.41, 5.74) is 0.845. The Hall–Kier alpha value is -0.870. The third-order valence-corrected chi connectivity index (χ3v) is 4.42. The van der Waals surface area contributed by atoms with Crippen LogP contribution in [0.5, 0.6) is 0 Å². The number of aromatic carboxylic acids is 1. The normalized spacial score (nSPS) is 10.9. The van der Waals surface area contributed by atoms with Crippen molar-refractivity contribution in [2.45, 2.75) is 13.8 Å². The van der Waals surface area contributed by atoms with Gasteiger partial charge in [0, 0.05) is 14.3 Å². The third-order valence-electron chi connectivity index (χ3n) is 1.90. The second kappa shape index (κ2) is 2.82. The number of carboxylic acids is 1. The number of hydrogen-bond donors (Lipinski definition) is 0. The molecule has 0 aliphatic heterocycles. The molecule has 2 aromatic heterocycles. The first-order valence-corrected chi connectivity index (χ1v) is 5.44. The first kappa shape index (κ1) is 8.72. The Morgan fingerprint density at radius 1 is 1.38 bits per heavy atom. The molecular formula is C9H7O2S2-. The van der Waals surface area contributed by atoms with Gasteiger partial charge in [0.15, 0.2) is 0 Å². The Morgan fingerprint density at radius 2 is 2.08 bits per heavy atom. The fourth-order valence-corrected chi connectivity index (χ4v) is 3.65. The zero-order valence-corrected chi connectivity index (χ0v) is 8.84. The first-order valence-electron chi connectivity index (χ1n) is 3.80. The monoisotopic (exact) mass is 211 g/mol. The van der Waals surface area contributed by atoms with Gasteiger partial charge in [-0.1, -0.05) is 0 Å². The molecule has 2 aromatic rings. The fraction of sp³-hybridized carbons (Fsp3) is 0.222. The lowest BCUT2D eigenvalue weighted by atomic mass is 10.3. The Labute approximate surface area is 83.4 Å². The molecule has 2 rings (SSSR count). The Bertz CT molecular complexity index is 479. The Balaban J connectivity index is 2.76. The van der Waals surface area contributed by atoms with E-state index in [1.165, 1.54) is 16.2 Å². The summed E-state index contributed by atoms with van der Waals surface area (Å²) in [6.45, 7) is 3.86. The maximum atomic E-state index is 10.7. The third kappa shape index (κ3) is 1.26. The SMILES string of the molecule is Cc1cc2sc(C(=O)[O-])c(C)c2s1. The van der Waals surface area contributed by atoms with Gasteiger partial charge < -0.3 is 9.90 Å². The van der Waals surface area contributed by atoms with Gasteiger partial charge in [-0.25, -0.2) is 0 Å². The number of carbonyl (C=O) groups is 1. The summed E-state index contributed by atoms with van der Waals surface area (Å²) < 4.78 is 2.14. The number of thiophene rings is 2. The van der Waals surface area contributed by atoms with Crippen molar-refractivity contribution < 1.29 is 9.90 Å². The lowest BCUT2D eigenvalue weighted by molar-refractivity contribution is -0.254. The van der Waals surface area contributed by atoms with Crippen molar-refractivity contribution in [2.24, 2.45) is 0 Å². The van der Waals surface area contributed by atoms with E-state index in [1.54, 1.807) is 11.3 Å². The molecule has 0 unspecified atom stereocenters. The Kier molecular flexibility index (Phi) is 1.89. The molecule has 68 valence electrons. The van der Waals surface area contributed by atoms with E-state index in [2.05, 4.69) is 0 Å². The summed E-state index contributed by atoms with van der Waals surface area (Å²) >= 11 is 2.94. The standard InChI is InChI=1S/C9H8O2S2/c1-4-3-6-7(12-4)5(2)8(13-6)9(10)11/h3H,1-2H3,(H,10,11)/p-1. The van der Waals surface area contributed by atoms with E-state index in [-0.39, 0.29) is 0 Å². The van der Waals surface area contributed by atoms with E-state index >= 15 is 0 Å². The molecule has 2 heterocycles. The zero-order valence-electron chi connectivity index (χ0n) is 7.21. The predicted molar refractivity (Wildman–Crippen MR) is 53.5 cm³/mol. The molecule has 0 aliphatic carbocycles. The average molecular weight is 211 g/mol. The molecule has 0 fully saturated rings. The van der Waals surface area contributed by atoms with Crippen molar-refractivity contribution in [1.29, 1.82) is 0 Å². The van der Waals surface area contributed by atoms with Crippen LogP contribution in [0.3, 0.4) is 0 Å². The van der Waals surface area contributed by atoms with Crippen molar-refractivity contribution in [3.8, 4) is 0 Å². The highest BCUT2D eigenvalue weighted by atomic mass is 32.1. The molecule has 0 saturated carbocycles. The molecule has 0 atom stereocenters. The van der Waals surface area contributed by atoms with Crippen molar-refractivity contribution >= 4 is 38.0 Å².